The fourth-order valence-electron chi connectivity index (χ4n) is 5.67. The van der Waals surface area contributed by atoms with Gasteiger partial charge in [-0.1, -0.05) is 0 Å². The van der Waals surface area contributed by atoms with Crippen molar-refractivity contribution < 1.29 is 103 Å². The van der Waals surface area contributed by atoms with Gasteiger partial charge in [0.15, 0.2) is 0 Å². The van der Waals surface area contributed by atoms with Gasteiger partial charge in [-0.3, -0.25) is 28.9 Å². The monoisotopic (exact) mass is 1010 g/mol. The van der Waals surface area contributed by atoms with E-state index in [1.54, 1.807) is 7.05 Å². The first-order valence-electron chi connectivity index (χ1n) is 22.4. The molecule has 0 radical (unpaired) electrons. The van der Waals surface area contributed by atoms with Gasteiger partial charge in [0.25, 0.3) is 0 Å². The molecule has 28 heteroatoms. The van der Waals surface area contributed by atoms with Gasteiger partial charge >= 0.3 is 0 Å². The van der Waals surface area contributed by atoms with Gasteiger partial charge in [0.2, 0.25) is 29.5 Å². The lowest BCUT2D eigenvalue weighted by atomic mass is 10.0. The first kappa shape index (κ1) is 65.6. The molecule has 0 bridgehead atoms. The van der Waals surface area contributed by atoms with Crippen LogP contribution in [0.4, 0.5) is 0 Å². The third-order valence-electron chi connectivity index (χ3n) is 10.1. The molecule has 5 amide bonds. The molecule has 69 heavy (non-hydrogen) atoms. The van der Waals surface area contributed by atoms with E-state index in [1.165, 1.54) is 47.8 Å². The van der Waals surface area contributed by atoms with E-state index in [0.717, 1.165) is 4.90 Å². The maximum absolute atomic E-state index is 12.6. The zero-order valence-corrected chi connectivity index (χ0v) is 40.6. The third-order valence-corrected chi connectivity index (χ3v) is 10.1. The quantitative estimate of drug-likeness (QED) is 0.0252. The van der Waals surface area contributed by atoms with Crippen LogP contribution < -0.4 is 10.6 Å². The van der Waals surface area contributed by atoms with Gasteiger partial charge in [-0.25, -0.2) is 0 Å². The van der Waals surface area contributed by atoms with Crippen LogP contribution in [-0.2, 0) is 52.4 Å². The van der Waals surface area contributed by atoms with Gasteiger partial charge in [-0.15, -0.1) is 0 Å². The molecule has 8 atom stereocenters. The van der Waals surface area contributed by atoms with Crippen molar-refractivity contribution in [3.63, 3.8) is 0 Å². The van der Waals surface area contributed by atoms with Crippen molar-refractivity contribution in [3.05, 3.63) is 0 Å². The minimum atomic E-state index is -1.90. The van der Waals surface area contributed by atoms with Gasteiger partial charge in [0.1, 0.15) is 36.6 Å². The van der Waals surface area contributed by atoms with E-state index in [9.17, 15) is 64.8 Å². The van der Waals surface area contributed by atoms with Crippen molar-refractivity contribution in [3.8, 4) is 0 Å². The molecule has 0 unspecified atom stereocenters. The highest BCUT2D eigenvalue weighted by Crippen LogP contribution is 2.11. The van der Waals surface area contributed by atoms with Gasteiger partial charge in [0, 0.05) is 54.4 Å². The molecular formula is C41H81N7O21. The Labute approximate surface area is 403 Å². The van der Waals surface area contributed by atoms with Crippen LogP contribution in [0.3, 0.4) is 0 Å². The lowest BCUT2D eigenvalue weighted by Gasteiger charge is -2.33. The fraction of sp³-hybridized carbons (Fsp3) is 0.878. The average molecular weight is 1010 g/mol. The summed E-state index contributed by atoms with van der Waals surface area (Å²) >= 11 is 0. The van der Waals surface area contributed by atoms with E-state index in [4.69, 9.17) is 38.6 Å². The first-order valence-corrected chi connectivity index (χ1v) is 22.4. The second-order valence-corrected chi connectivity index (χ2v) is 15.9. The van der Waals surface area contributed by atoms with E-state index >= 15 is 0 Å². The van der Waals surface area contributed by atoms with Gasteiger partial charge in [-0.05, 0) is 7.05 Å². The molecule has 0 rings (SSSR count). The summed E-state index contributed by atoms with van der Waals surface area (Å²) in [6.45, 7) is -0.481. The minimum Gasteiger partial charge on any atom is -0.394 e. The zero-order valence-electron chi connectivity index (χ0n) is 40.6. The van der Waals surface area contributed by atoms with Crippen LogP contribution in [0, 0.1) is 0 Å². The summed E-state index contributed by atoms with van der Waals surface area (Å²) in [5.74, 6) is -2.13. The van der Waals surface area contributed by atoms with Gasteiger partial charge in [-0.2, -0.15) is 0 Å². The Morgan fingerprint density at radius 1 is 0.435 bits per heavy atom. The van der Waals surface area contributed by atoms with Crippen molar-refractivity contribution in [1.82, 2.24) is 35.1 Å². The number of aliphatic hydroxyl groups excluding tert-OH is 10. The Morgan fingerprint density at radius 3 is 1.09 bits per heavy atom. The van der Waals surface area contributed by atoms with Crippen LogP contribution >= 0.6 is 0 Å². The summed E-state index contributed by atoms with van der Waals surface area (Å²) in [5, 5.41) is 104. The number of nitrogens with zero attached hydrogens (tertiary/aromatic N) is 5. The highest BCUT2D eigenvalue weighted by Gasteiger charge is 2.34. The van der Waals surface area contributed by atoms with Crippen molar-refractivity contribution in [2.24, 2.45) is 0 Å². The average Bonchev–Trinajstić information content (AvgIpc) is 3.32. The first-order chi connectivity index (χ1) is 32.7. The van der Waals surface area contributed by atoms with Crippen LogP contribution in [-0.4, -0.2) is 341 Å². The summed E-state index contributed by atoms with van der Waals surface area (Å²) < 4.78 is 32.8. The van der Waals surface area contributed by atoms with Crippen molar-refractivity contribution in [1.29, 1.82) is 0 Å². The van der Waals surface area contributed by atoms with Crippen molar-refractivity contribution >= 4 is 29.5 Å². The van der Waals surface area contributed by atoms with Crippen LogP contribution in [0.5, 0.6) is 0 Å². The molecule has 0 aliphatic rings. The number of aliphatic hydroxyl groups is 10. The molecule has 0 heterocycles. The highest BCUT2D eigenvalue weighted by atomic mass is 16.6. The number of amides is 5. The van der Waals surface area contributed by atoms with Gasteiger partial charge < -0.3 is 110 Å². The molecule has 0 aromatic heterocycles. The molecule has 0 saturated carbocycles. The summed E-state index contributed by atoms with van der Waals surface area (Å²) in [6.07, 6.45) is -14.4. The fourth-order valence-corrected chi connectivity index (χ4v) is 5.67. The zero-order chi connectivity index (χ0) is 52.3. The Hall–Kier alpha value is -3.37. The lowest BCUT2D eigenvalue weighted by molar-refractivity contribution is -0.144. The number of rotatable bonds is 43. The predicted octanol–water partition coefficient (Wildman–Crippen LogP) is -9.57. The van der Waals surface area contributed by atoms with Crippen LogP contribution in [0.2, 0.25) is 0 Å². The molecule has 28 nitrogen and oxygen atoms in total. The van der Waals surface area contributed by atoms with Crippen LogP contribution in [0.1, 0.15) is 0 Å². The third kappa shape index (κ3) is 30.2. The van der Waals surface area contributed by atoms with Crippen LogP contribution in [0.15, 0.2) is 0 Å². The van der Waals surface area contributed by atoms with E-state index in [1.807, 2.05) is 0 Å². The summed E-state index contributed by atoms with van der Waals surface area (Å²) in [4.78, 5) is 67.8. The SMILES string of the molecule is CNCC(=O)N(C)CC(=O)N(C)CC(=O)N(C)CC(=O)N(C)CC(=O)NCCOCCOCCOCCOCCOCCOCCN(C[C@H](O)[C@@H](O)[C@H](O)[C@H](O)CO)C[C@H](O)[C@@H](O)[C@H](O)[C@H](O)CO. The number of nitrogens with one attached hydrogen (secondary N) is 2. The highest BCUT2D eigenvalue weighted by molar-refractivity contribution is 5.91. The van der Waals surface area contributed by atoms with E-state index in [0.29, 0.717) is 33.0 Å². The smallest absolute Gasteiger partial charge is 0.242 e. The maximum atomic E-state index is 12.6. The number of carbonyl (C=O) groups excluding carboxylic acids is 5. The molecule has 0 saturated heterocycles. The predicted molar refractivity (Wildman–Crippen MR) is 241 cm³/mol. The molecule has 0 aliphatic heterocycles. The number of likely N-dealkylation sites (N-methyl/N-ethyl adjacent to an activating group) is 5. The van der Waals surface area contributed by atoms with E-state index in [2.05, 4.69) is 10.6 Å². The standard InChI is InChI=1S/C41H81N7O21/c1-42-20-34(56)45(3)24-36(58)47(5)26-37(59)46(4)25-35(57)44(2)23-33(55)43-6-8-64-10-12-66-14-16-68-18-19-69-17-15-67-13-11-65-9-7-48(21-29(51)38(60)40(62)31(53)27-49)22-30(52)39(61)41(63)32(54)28-50/h29-32,38-42,49-54,60-63H,6-28H2,1-5H3,(H,43,55)/t29-,30-,31+,32+,38+,39+,40+,41+/m0/s1. The second-order valence-electron chi connectivity index (χ2n) is 15.9. The summed E-state index contributed by atoms with van der Waals surface area (Å²) in [7, 11) is 7.34. The molecule has 0 aromatic rings. The summed E-state index contributed by atoms with van der Waals surface area (Å²) in [5.41, 5.74) is 0. The van der Waals surface area contributed by atoms with E-state index < -0.39 is 98.8 Å². The van der Waals surface area contributed by atoms with Crippen LogP contribution in [0.25, 0.3) is 0 Å². The van der Waals surface area contributed by atoms with Crippen molar-refractivity contribution in [2.45, 2.75) is 48.8 Å². The normalized spacial score (nSPS) is 15.1. The van der Waals surface area contributed by atoms with Gasteiger partial charge in [0.05, 0.1) is 137 Å². The molecule has 406 valence electrons. The molecule has 0 aromatic carbocycles. The number of hydrogen-bond donors (Lipinski definition) is 12. The molecule has 0 spiro atoms. The minimum absolute atomic E-state index is 0.00396. The Bertz CT molecular complexity index is 1370. The molecule has 0 fully saturated rings. The molecular weight excluding hydrogens is 926 g/mol. The molecule has 0 aliphatic carbocycles. The largest absolute Gasteiger partial charge is 0.394 e. The Kier molecular flexibility index (Phi) is 37.4. The Balaban J connectivity index is 4.08. The molecule has 12 N–H and O–H groups in total. The second kappa shape index (κ2) is 39.3. The summed E-state index contributed by atoms with van der Waals surface area (Å²) in [6, 6.07) is 0. The van der Waals surface area contributed by atoms with E-state index in [-0.39, 0.29) is 98.0 Å². The topological polar surface area (TPSA) is 383 Å². The number of carbonyl (C=O) groups is 5. The van der Waals surface area contributed by atoms with Crippen molar-refractivity contribution in [2.75, 3.05) is 187 Å². The Morgan fingerprint density at radius 2 is 0.739 bits per heavy atom. The lowest BCUT2D eigenvalue weighted by Crippen LogP contribution is -2.53. The maximum Gasteiger partial charge on any atom is 0.242 e. The number of hydrogen-bond acceptors (Lipinski definition) is 23. The number of ether oxygens (including phenoxy) is 6.